The molecule has 5 nitrogen and oxygen atoms in total. The molecule has 0 radical (unpaired) electrons. The standard InChI is InChI=1S/C22H26N4O/c27-21(19-11-22(19)8-5-15-3-1-2-4-18(15)22)25-9-6-17(7-10-25)26-20-14-23-12-16(20)13-24-26/h1-4,13,17,19,23H,5-12,14H2. The van der Waals surface area contributed by atoms with Gasteiger partial charge < -0.3 is 10.2 Å². The predicted octanol–water partition coefficient (Wildman–Crippen LogP) is 2.55. The number of hydrogen-bond donors (Lipinski definition) is 1. The highest BCUT2D eigenvalue weighted by molar-refractivity contribution is 5.85. The molecule has 2 fully saturated rings. The molecule has 1 aromatic carbocycles. The first-order chi connectivity index (χ1) is 13.3. The van der Waals surface area contributed by atoms with Gasteiger partial charge in [-0.3, -0.25) is 9.48 Å². The van der Waals surface area contributed by atoms with Crippen molar-refractivity contribution in [1.29, 1.82) is 0 Å². The zero-order valence-corrected chi connectivity index (χ0v) is 15.7. The van der Waals surface area contributed by atoms with Crippen LogP contribution in [-0.4, -0.2) is 33.7 Å². The Balaban J connectivity index is 1.14. The van der Waals surface area contributed by atoms with Gasteiger partial charge in [0.15, 0.2) is 0 Å². The first-order valence-corrected chi connectivity index (χ1v) is 10.4. The fourth-order valence-corrected chi connectivity index (χ4v) is 5.87. The Morgan fingerprint density at radius 3 is 2.89 bits per heavy atom. The summed E-state index contributed by atoms with van der Waals surface area (Å²) in [6.07, 6.45) is 7.41. The Morgan fingerprint density at radius 2 is 2.00 bits per heavy atom. The molecule has 3 heterocycles. The van der Waals surface area contributed by atoms with Crippen LogP contribution in [0.15, 0.2) is 30.5 Å². The number of aryl methyl sites for hydroxylation is 1. The molecule has 2 atom stereocenters. The number of aromatic nitrogens is 2. The number of nitrogens with zero attached hydrogens (tertiary/aromatic N) is 3. The van der Waals surface area contributed by atoms with Crippen molar-refractivity contribution in [1.82, 2.24) is 20.0 Å². The van der Waals surface area contributed by atoms with Gasteiger partial charge in [-0.25, -0.2) is 0 Å². The molecule has 27 heavy (non-hydrogen) atoms. The molecule has 1 N–H and O–H groups in total. The third-order valence-electron chi connectivity index (χ3n) is 7.48. The van der Waals surface area contributed by atoms with E-state index in [1.807, 2.05) is 6.20 Å². The lowest BCUT2D eigenvalue weighted by atomic mass is 9.94. The van der Waals surface area contributed by atoms with Crippen LogP contribution < -0.4 is 5.32 Å². The van der Waals surface area contributed by atoms with Gasteiger partial charge >= 0.3 is 0 Å². The molecular formula is C22H26N4O. The third kappa shape index (κ3) is 2.27. The van der Waals surface area contributed by atoms with Crippen LogP contribution in [0.2, 0.25) is 0 Å². The number of carbonyl (C=O) groups excluding carboxylic acids is 1. The number of fused-ring (bicyclic) bond motifs is 3. The zero-order valence-electron chi connectivity index (χ0n) is 15.7. The van der Waals surface area contributed by atoms with Crippen LogP contribution in [0.4, 0.5) is 0 Å². The molecule has 1 saturated heterocycles. The van der Waals surface area contributed by atoms with Crippen molar-refractivity contribution in [3.8, 4) is 0 Å². The van der Waals surface area contributed by atoms with Gasteiger partial charge in [-0.2, -0.15) is 5.10 Å². The quantitative estimate of drug-likeness (QED) is 0.893. The number of benzene rings is 1. The van der Waals surface area contributed by atoms with E-state index in [0.29, 0.717) is 11.9 Å². The molecule has 6 rings (SSSR count). The average molecular weight is 362 g/mol. The summed E-state index contributed by atoms with van der Waals surface area (Å²) in [5, 5.41) is 8.04. The number of amides is 1. The van der Waals surface area contributed by atoms with Gasteiger partial charge in [0, 0.05) is 43.1 Å². The molecule has 0 bridgehead atoms. The van der Waals surface area contributed by atoms with Crippen LogP contribution in [0, 0.1) is 5.92 Å². The molecule has 2 aliphatic heterocycles. The van der Waals surface area contributed by atoms with Gasteiger partial charge in [0.1, 0.15) is 0 Å². The third-order valence-corrected chi connectivity index (χ3v) is 7.48. The summed E-state index contributed by atoms with van der Waals surface area (Å²) < 4.78 is 2.23. The number of nitrogens with one attached hydrogen (secondary N) is 1. The first kappa shape index (κ1) is 15.9. The molecule has 1 saturated carbocycles. The monoisotopic (exact) mass is 362 g/mol. The SMILES string of the molecule is O=C(C1CC12CCc1ccccc12)N1CCC(n2ncc3c2CNC3)CC1. The number of rotatable bonds is 2. The first-order valence-electron chi connectivity index (χ1n) is 10.4. The summed E-state index contributed by atoms with van der Waals surface area (Å²) in [4.78, 5) is 15.3. The summed E-state index contributed by atoms with van der Waals surface area (Å²) in [5.41, 5.74) is 5.78. The lowest BCUT2D eigenvalue weighted by molar-refractivity contribution is -0.134. The highest BCUT2D eigenvalue weighted by Gasteiger charge is 2.62. The summed E-state index contributed by atoms with van der Waals surface area (Å²) in [6, 6.07) is 9.21. The van der Waals surface area contributed by atoms with E-state index in [9.17, 15) is 4.79 Å². The van der Waals surface area contributed by atoms with Crippen LogP contribution in [0.25, 0.3) is 0 Å². The second-order valence-electron chi connectivity index (χ2n) is 8.79. The number of likely N-dealkylation sites (tertiary alicyclic amines) is 1. The van der Waals surface area contributed by atoms with E-state index in [-0.39, 0.29) is 11.3 Å². The van der Waals surface area contributed by atoms with E-state index in [4.69, 9.17) is 0 Å². The van der Waals surface area contributed by atoms with Crippen LogP contribution in [-0.2, 0) is 29.7 Å². The van der Waals surface area contributed by atoms with E-state index in [2.05, 4.69) is 44.3 Å². The fourth-order valence-electron chi connectivity index (χ4n) is 5.87. The van der Waals surface area contributed by atoms with Gasteiger partial charge in [-0.1, -0.05) is 24.3 Å². The van der Waals surface area contributed by atoms with Crippen molar-refractivity contribution in [3.63, 3.8) is 0 Å². The second kappa shape index (κ2) is 5.68. The van der Waals surface area contributed by atoms with Crippen molar-refractivity contribution in [2.24, 2.45) is 5.92 Å². The molecule has 2 aromatic rings. The maximum absolute atomic E-state index is 13.2. The maximum Gasteiger partial charge on any atom is 0.226 e. The number of hydrogen-bond acceptors (Lipinski definition) is 3. The van der Waals surface area contributed by atoms with Crippen molar-refractivity contribution in [2.45, 2.75) is 56.7 Å². The molecule has 1 aromatic heterocycles. The molecular weight excluding hydrogens is 336 g/mol. The Morgan fingerprint density at radius 1 is 1.15 bits per heavy atom. The van der Waals surface area contributed by atoms with E-state index in [0.717, 1.165) is 58.3 Å². The Labute approximate surface area is 159 Å². The number of piperidine rings is 1. The average Bonchev–Trinajstić information content (AvgIpc) is 3.01. The molecule has 5 heteroatoms. The topological polar surface area (TPSA) is 50.2 Å². The lowest BCUT2D eigenvalue weighted by Gasteiger charge is -2.33. The molecule has 4 aliphatic rings. The molecule has 140 valence electrons. The summed E-state index contributed by atoms with van der Waals surface area (Å²) in [5.74, 6) is 0.619. The van der Waals surface area contributed by atoms with E-state index in [1.54, 1.807) is 0 Å². The normalized spacial score (nSPS) is 29.2. The second-order valence-corrected chi connectivity index (χ2v) is 8.79. The van der Waals surface area contributed by atoms with Gasteiger partial charge in [-0.05, 0) is 43.2 Å². The Bertz CT molecular complexity index is 911. The van der Waals surface area contributed by atoms with E-state index in [1.165, 1.54) is 22.4 Å². The largest absolute Gasteiger partial charge is 0.342 e. The van der Waals surface area contributed by atoms with Gasteiger partial charge in [-0.15, -0.1) is 0 Å². The zero-order chi connectivity index (χ0) is 18.0. The maximum atomic E-state index is 13.2. The van der Waals surface area contributed by atoms with Crippen molar-refractivity contribution >= 4 is 5.91 Å². The van der Waals surface area contributed by atoms with Gasteiger partial charge in [0.25, 0.3) is 0 Å². The van der Waals surface area contributed by atoms with Crippen molar-refractivity contribution < 1.29 is 4.79 Å². The van der Waals surface area contributed by atoms with E-state index < -0.39 is 0 Å². The Hall–Kier alpha value is -2.14. The summed E-state index contributed by atoms with van der Waals surface area (Å²) >= 11 is 0. The minimum absolute atomic E-state index is 0.166. The number of carbonyl (C=O) groups is 1. The molecule has 2 unspecified atom stereocenters. The fraction of sp³-hybridized carbons (Fsp3) is 0.545. The smallest absolute Gasteiger partial charge is 0.226 e. The van der Waals surface area contributed by atoms with Gasteiger partial charge in [0.2, 0.25) is 5.91 Å². The van der Waals surface area contributed by atoms with Crippen LogP contribution in [0.5, 0.6) is 0 Å². The predicted molar refractivity (Wildman–Crippen MR) is 102 cm³/mol. The van der Waals surface area contributed by atoms with E-state index >= 15 is 0 Å². The lowest BCUT2D eigenvalue weighted by Crippen LogP contribution is -2.41. The minimum Gasteiger partial charge on any atom is -0.342 e. The highest BCUT2D eigenvalue weighted by atomic mass is 16.2. The molecule has 1 spiro atoms. The van der Waals surface area contributed by atoms with Crippen LogP contribution in [0.1, 0.15) is 54.1 Å². The minimum atomic E-state index is 0.166. The van der Waals surface area contributed by atoms with Gasteiger partial charge in [0.05, 0.1) is 17.9 Å². The van der Waals surface area contributed by atoms with Crippen molar-refractivity contribution in [2.75, 3.05) is 13.1 Å². The van der Waals surface area contributed by atoms with Crippen molar-refractivity contribution in [3.05, 3.63) is 52.8 Å². The molecule has 1 amide bonds. The summed E-state index contributed by atoms with van der Waals surface area (Å²) in [6.45, 7) is 3.62. The Kier molecular flexibility index (Phi) is 3.34. The van der Waals surface area contributed by atoms with Crippen LogP contribution >= 0.6 is 0 Å². The summed E-state index contributed by atoms with van der Waals surface area (Å²) in [7, 11) is 0. The van der Waals surface area contributed by atoms with Crippen LogP contribution in [0.3, 0.4) is 0 Å². The molecule has 2 aliphatic carbocycles. The highest BCUT2D eigenvalue weighted by Crippen LogP contribution is 2.62.